The highest BCUT2D eigenvalue weighted by Gasteiger charge is 2.26. The van der Waals surface area contributed by atoms with Crippen LogP contribution in [-0.2, 0) is 14.6 Å². The Bertz CT molecular complexity index is 722. The van der Waals surface area contributed by atoms with Gasteiger partial charge in [0.05, 0.1) is 11.4 Å². The van der Waals surface area contributed by atoms with E-state index in [2.05, 4.69) is 9.80 Å². The van der Waals surface area contributed by atoms with E-state index in [1.165, 1.54) is 12.1 Å². The molecule has 1 aromatic rings. The van der Waals surface area contributed by atoms with E-state index in [4.69, 9.17) is 0 Å². The number of rotatable bonds is 7. The van der Waals surface area contributed by atoms with Crippen molar-refractivity contribution in [1.82, 2.24) is 9.80 Å². The molecule has 0 N–H and O–H groups in total. The van der Waals surface area contributed by atoms with Gasteiger partial charge in [-0.3, -0.25) is 9.69 Å². The van der Waals surface area contributed by atoms with Crippen molar-refractivity contribution in [2.75, 3.05) is 50.7 Å². The molecular formula is C18H27F2N3O3S. The number of carbonyl (C=O) groups excluding carboxylic acids is 1. The summed E-state index contributed by atoms with van der Waals surface area (Å²) in [6, 6.07) is 5.57. The van der Waals surface area contributed by atoms with Crippen LogP contribution in [0.25, 0.3) is 0 Å². The molecular weight excluding hydrogens is 376 g/mol. The summed E-state index contributed by atoms with van der Waals surface area (Å²) in [6.07, 6.45) is 0.864. The van der Waals surface area contributed by atoms with Gasteiger partial charge in [0.15, 0.2) is 0 Å². The molecule has 27 heavy (non-hydrogen) atoms. The fourth-order valence-electron chi connectivity index (χ4n) is 3.20. The van der Waals surface area contributed by atoms with Crippen molar-refractivity contribution < 1.29 is 22.0 Å². The monoisotopic (exact) mass is 403 g/mol. The standard InChI is InChI=1S/C18H27F2N3O3S/c1-3-22(4-2)17(24)14-21-10-5-11-23(13-12-21)15-6-8-16(9-7-15)27(25,26)18(19)20/h6-9,18H,3-5,10-14H2,1-2H3. The third-order valence-electron chi connectivity index (χ3n) is 4.83. The molecule has 9 heteroatoms. The van der Waals surface area contributed by atoms with Gasteiger partial charge in [-0.05, 0) is 44.5 Å². The van der Waals surface area contributed by atoms with E-state index < -0.39 is 15.6 Å². The van der Waals surface area contributed by atoms with Crippen LogP contribution < -0.4 is 4.90 Å². The Morgan fingerprint density at radius 3 is 2.26 bits per heavy atom. The molecule has 0 aromatic heterocycles. The normalized spacial score (nSPS) is 16.4. The van der Waals surface area contributed by atoms with Crippen LogP contribution in [0.4, 0.5) is 14.5 Å². The zero-order valence-electron chi connectivity index (χ0n) is 15.8. The molecule has 1 amide bonds. The van der Waals surface area contributed by atoms with Crippen molar-refractivity contribution in [1.29, 1.82) is 0 Å². The number of halogens is 2. The number of likely N-dealkylation sites (N-methyl/N-ethyl adjacent to an activating group) is 1. The number of alkyl halides is 2. The molecule has 0 atom stereocenters. The summed E-state index contributed by atoms with van der Waals surface area (Å²) < 4.78 is 48.3. The summed E-state index contributed by atoms with van der Waals surface area (Å²) in [4.78, 5) is 17.9. The van der Waals surface area contributed by atoms with Crippen LogP contribution in [0.1, 0.15) is 20.3 Å². The predicted octanol–water partition coefficient (Wildman–Crippen LogP) is 2.06. The SMILES string of the molecule is CCN(CC)C(=O)CN1CCCN(c2ccc(S(=O)(=O)C(F)F)cc2)CC1. The van der Waals surface area contributed by atoms with E-state index in [0.29, 0.717) is 32.7 Å². The smallest absolute Gasteiger partial charge is 0.341 e. The van der Waals surface area contributed by atoms with Gasteiger partial charge in [0.1, 0.15) is 0 Å². The van der Waals surface area contributed by atoms with E-state index in [-0.39, 0.29) is 10.8 Å². The van der Waals surface area contributed by atoms with Gasteiger partial charge < -0.3 is 9.80 Å². The van der Waals surface area contributed by atoms with Gasteiger partial charge in [-0.15, -0.1) is 0 Å². The van der Waals surface area contributed by atoms with Crippen LogP contribution in [0.3, 0.4) is 0 Å². The second kappa shape index (κ2) is 9.45. The van der Waals surface area contributed by atoms with Crippen molar-refractivity contribution in [2.45, 2.75) is 30.9 Å². The molecule has 0 spiro atoms. The van der Waals surface area contributed by atoms with Crippen LogP contribution in [0.5, 0.6) is 0 Å². The summed E-state index contributed by atoms with van der Waals surface area (Å²) >= 11 is 0. The van der Waals surface area contributed by atoms with Crippen molar-refractivity contribution in [3.63, 3.8) is 0 Å². The Kier molecular flexibility index (Phi) is 7.55. The minimum absolute atomic E-state index is 0.120. The second-order valence-corrected chi connectivity index (χ2v) is 8.40. The first-order valence-corrected chi connectivity index (χ1v) is 10.7. The topological polar surface area (TPSA) is 60.9 Å². The average molecular weight is 403 g/mol. The number of carbonyl (C=O) groups is 1. The van der Waals surface area contributed by atoms with Gasteiger partial charge in [-0.2, -0.15) is 8.78 Å². The predicted molar refractivity (Wildman–Crippen MR) is 101 cm³/mol. The van der Waals surface area contributed by atoms with E-state index in [1.54, 1.807) is 12.1 Å². The molecule has 1 aromatic carbocycles. The lowest BCUT2D eigenvalue weighted by atomic mass is 10.2. The largest absolute Gasteiger partial charge is 0.370 e. The van der Waals surface area contributed by atoms with Gasteiger partial charge in [0.2, 0.25) is 15.7 Å². The number of benzene rings is 1. The maximum atomic E-state index is 12.6. The maximum Gasteiger partial charge on any atom is 0.341 e. The highest BCUT2D eigenvalue weighted by atomic mass is 32.2. The van der Waals surface area contributed by atoms with Gasteiger partial charge in [-0.1, -0.05) is 0 Å². The summed E-state index contributed by atoms with van der Waals surface area (Å²) in [5.41, 5.74) is 0.792. The zero-order valence-corrected chi connectivity index (χ0v) is 16.6. The lowest BCUT2D eigenvalue weighted by molar-refractivity contribution is -0.132. The molecule has 0 radical (unpaired) electrons. The van der Waals surface area contributed by atoms with Crippen LogP contribution >= 0.6 is 0 Å². The van der Waals surface area contributed by atoms with E-state index >= 15 is 0 Å². The number of nitrogens with zero attached hydrogens (tertiary/aromatic N) is 3. The summed E-state index contributed by atoms with van der Waals surface area (Å²) in [5.74, 6) is -3.30. The Morgan fingerprint density at radius 1 is 1.07 bits per heavy atom. The van der Waals surface area contributed by atoms with Crippen LogP contribution in [0, 0.1) is 0 Å². The number of hydrogen-bond donors (Lipinski definition) is 0. The molecule has 0 aliphatic carbocycles. The van der Waals surface area contributed by atoms with Crippen molar-refractivity contribution in [3.05, 3.63) is 24.3 Å². The fourth-order valence-corrected chi connectivity index (χ4v) is 3.93. The van der Waals surface area contributed by atoms with Gasteiger partial charge in [0.25, 0.3) is 0 Å². The molecule has 152 valence electrons. The fraction of sp³-hybridized carbons (Fsp3) is 0.611. The minimum Gasteiger partial charge on any atom is -0.370 e. The molecule has 1 fully saturated rings. The van der Waals surface area contributed by atoms with Crippen molar-refractivity contribution in [2.24, 2.45) is 0 Å². The molecule has 1 aliphatic rings. The number of hydrogen-bond acceptors (Lipinski definition) is 5. The molecule has 1 saturated heterocycles. The third kappa shape index (κ3) is 5.38. The molecule has 2 rings (SSSR count). The maximum absolute atomic E-state index is 12.6. The molecule has 1 heterocycles. The summed E-state index contributed by atoms with van der Waals surface area (Å²) in [6.45, 7) is 8.68. The first-order chi connectivity index (χ1) is 12.8. The molecule has 0 unspecified atom stereocenters. The number of sulfone groups is 1. The number of amides is 1. The summed E-state index contributed by atoms with van der Waals surface area (Å²) in [7, 11) is -4.57. The minimum atomic E-state index is -4.57. The van der Waals surface area contributed by atoms with Crippen molar-refractivity contribution >= 4 is 21.4 Å². The second-order valence-electron chi connectivity index (χ2n) is 6.48. The van der Waals surface area contributed by atoms with E-state index in [0.717, 1.165) is 25.2 Å². The highest BCUT2D eigenvalue weighted by molar-refractivity contribution is 7.91. The molecule has 0 bridgehead atoms. The average Bonchev–Trinajstić information content (AvgIpc) is 2.88. The van der Waals surface area contributed by atoms with E-state index in [9.17, 15) is 22.0 Å². The third-order valence-corrected chi connectivity index (χ3v) is 6.23. The number of anilines is 1. The lowest BCUT2D eigenvalue weighted by Gasteiger charge is -2.25. The van der Waals surface area contributed by atoms with Crippen LogP contribution in [0.15, 0.2) is 29.2 Å². The highest BCUT2D eigenvalue weighted by Crippen LogP contribution is 2.23. The lowest BCUT2D eigenvalue weighted by Crippen LogP contribution is -2.41. The Morgan fingerprint density at radius 2 is 1.70 bits per heavy atom. The Labute approximate surface area is 159 Å². The van der Waals surface area contributed by atoms with Gasteiger partial charge >= 0.3 is 5.76 Å². The first-order valence-electron chi connectivity index (χ1n) is 9.16. The van der Waals surface area contributed by atoms with Gasteiger partial charge in [-0.25, -0.2) is 8.42 Å². The Hall–Kier alpha value is -1.74. The van der Waals surface area contributed by atoms with Crippen LogP contribution in [0.2, 0.25) is 0 Å². The molecule has 1 aliphatic heterocycles. The zero-order chi connectivity index (χ0) is 20.0. The summed E-state index contributed by atoms with van der Waals surface area (Å²) in [5, 5.41) is 0. The van der Waals surface area contributed by atoms with Crippen molar-refractivity contribution in [3.8, 4) is 0 Å². The quantitative estimate of drug-likeness (QED) is 0.698. The molecule has 0 saturated carbocycles. The van der Waals surface area contributed by atoms with Gasteiger partial charge in [0, 0.05) is 45.0 Å². The first kappa shape index (κ1) is 21.6. The van der Waals surface area contributed by atoms with E-state index in [1.807, 2.05) is 18.7 Å². The molecule has 6 nitrogen and oxygen atoms in total. The Balaban J connectivity index is 1.99. The van der Waals surface area contributed by atoms with Crippen LogP contribution in [-0.4, -0.2) is 75.7 Å².